The summed E-state index contributed by atoms with van der Waals surface area (Å²) in [5.41, 5.74) is 1.76. The van der Waals surface area contributed by atoms with Crippen LogP contribution in [0, 0.1) is 5.82 Å². The van der Waals surface area contributed by atoms with Crippen molar-refractivity contribution in [3.63, 3.8) is 0 Å². The van der Waals surface area contributed by atoms with E-state index in [1.807, 2.05) is 0 Å². The zero-order valence-electron chi connectivity index (χ0n) is 12.4. The van der Waals surface area contributed by atoms with Crippen molar-refractivity contribution in [1.82, 2.24) is 4.90 Å². The molecular weight excluding hydrogens is 285 g/mol. The highest BCUT2D eigenvalue weighted by Gasteiger charge is 2.12. The number of esters is 1. The fourth-order valence-electron chi connectivity index (χ4n) is 2.02. The molecule has 0 radical (unpaired) electrons. The predicted molar refractivity (Wildman–Crippen MR) is 80.0 cm³/mol. The van der Waals surface area contributed by atoms with Gasteiger partial charge in [0.05, 0.1) is 12.7 Å². The van der Waals surface area contributed by atoms with Crippen molar-refractivity contribution in [2.75, 3.05) is 14.2 Å². The molecule has 2 rings (SSSR count). The number of nitrogens with zero attached hydrogens (tertiary/aromatic N) is 1. The Balaban J connectivity index is 2.05. The summed E-state index contributed by atoms with van der Waals surface area (Å²) in [6, 6.07) is 12.2. The van der Waals surface area contributed by atoms with Crippen LogP contribution in [-0.4, -0.2) is 30.9 Å². The Bertz CT molecular complexity index is 665. The quantitative estimate of drug-likeness (QED) is 0.816. The molecule has 4 nitrogen and oxygen atoms in total. The number of methoxy groups -OCH3 is 1. The Morgan fingerprint density at radius 3 is 2.09 bits per heavy atom. The minimum Gasteiger partial charge on any atom is -0.465 e. The van der Waals surface area contributed by atoms with E-state index in [2.05, 4.69) is 4.74 Å². The van der Waals surface area contributed by atoms with Gasteiger partial charge in [0.2, 0.25) is 0 Å². The van der Waals surface area contributed by atoms with Crippen molar-refractivity contribution in [3.8, 4) is 0 Å². The summed E-state index contributed by atoms with van der Waals surface area (Å²) >= 11 is 0. The Morgan fingerprint density at radius 2 is 1.55 bits per heavy atom. The molecule has 114 valence electrons. The molecule has 0 aromatic heterocycles. The zero-order valence-corrected chi connectivity index (χ0v) is 12.4. The molecule has 0 unspecified atom stereocenters. The van der Waals surface area contributed by atoms with Crippen molar-refractivity contribution in [2.45, 2.75) is 6.54 Å². The molecule has 0 aliphatic heterocycles. The lowest BCUT2D eigenvalue weighted by molar-refractivity contribution is 0.0600. The van der Waals surface area contributed by atoms with Crippen molar-refractivity contribution in [2.24, 2.45) is 0 Å². The molecule has 0 atom stereocenters. The van der Waals surface area contributed by atoms with E-state index in [0.717, 1.165) is 5.56 Å². The minimum atomic E-state index is -0.401. The summed E-state index contributed by atoms with van der Waals surface area (Å²) in [5.74, 6) is -0.975. The lowest BCUT2D eigenvalue weighted by Gasteiger charge is -2.17. The number of carbonyl (C=O) groups is 2. The van der Waals surface area contributed by atoms with Gasteiger partial charge >= 0.3 is 5.97 Å². The second-order valence-corrected chi connectivity index (χ2v) is 4.86. The van der Waals surface area contributed by atoms with Crippen LogP contribution in [0.2, 0.25) is 0 Å². The molecule has 1 amide bonds. The maximum absolute atomic E-state index is 12.9. The summed E-state index contributed by atoms with van der Waals surface area (Å²) in [4.78, 5) is 25.1. The smallest absolute Gasteiger partial charge is 0.337 e. The van der Waals surface area contributed by atoms with Gasteiger partial charge in [-0.1, -0.05) is 12.1 Å². The summed E-state index contributed by atoms with van der Waals surface area (Å²) in [5, 5.41) is 0. The van der Waals surface area contributed by atoms with Gasteiger partial charge in [-0.05, 0) is 42.0 Å². The molecule has 2 aromatic rings. The van der Waals surface area contributed by atoms with E-state index in [1.165, 1.54) is 36.3 Å². The van der Waals surface area contributed by atoms with E-state index in [9.17, 15) is 14.0 Å². The van der Waals surface area contributed by atoms with Crippen LogP contribution >= 0.6 is 0 Å². The number of ether oxygens (including phenoxy) is 1. The Morgan fingerprint density at radius 1 is 1.00 bits per heavy atom. The van der Waals surface area contributed by atoms with Crippen LogP contribution < -0.4 is 0 Å². The van der Waals surface area contributed by atoms with Gasteiger partial charge < -0.3 is 9.64 Å². The van der Waals surface area contributed by atoms with Crippen molar-refractivity contribution < 1.29 is 18.7 Å². The molecule has 0 spiro atoms. The number of hydrogen-bond donors (Lipinski definition) is 0. The van der Waals surface area contributed by atoms with Crippen LogP contribution in [0.25, 0.3) is 0 Å². The Kier molecular flexibility index (Phi) is 4.88. The molecule has 0 heterocycles. The van der Waals surface area contributed by atoms with E-state index < -0.39 is 5.97 Å². The molecule has 0 saturated carbocycles. The van der Waals surface area contributed by atoms with E-state index in [-0.39, 0.29) is 11.7 Å². The van der Waals surface area contributed by atoms with Crippen LogP contribution in [-0.2, 0) is 11.3 Å². The second-order valence-electron chi connectivity index (χ2n) is 4.86. The zero-order chi connectivity index (χ0) is 16.1. The molecule has 2 aromatic carbocycles. The number of carbonyl (C=O) groups excluding carboxylic acids is 2. The molecule has 5 heteroatoms. The van der Waals surface area contributed by atoms with Crippen LogP contribution in [0.15, 0.2) is 48.5 Å². The SMILES string of the molecule is COC(=O)c1ccc(CN(C)C(=O)c2ccc(F)cc2)cc1. The average Bonchev–Trinajstić information content (AvgIpc) is 2.54. The van der Waals surface area contributed by atoms with Crippen LogP contribution in [0.5, 0.6) is 0 Å². The molecule has 0 aliphatic rings. The summed E-state index contributed by atoms with van der Waals surface area (Å²) in [6.07, 6.45) is 0. The summed E-state index contributed by atoms with van der Waals surface area (Å²) < 4.78 is 17.5. The van der Waals surface area contributed by atoms with Crippen LogP contribution in [0.1, 0.15) is 26.3 Å². The monoisotopic (exact) mass is 301 g/mol. The highest BCUT2D eigenvalue weighted by molar-refractivity contribution is 5.94. The molecule has 0 saturated heterocycles. The Hall–Kier alpha value is -2.69. The van der Waals surface area contributed by atoms with Crippen molar-refractivity contribution in [1.29, 1.82) is 0 Å². The third kappa shape index (κ3) is 3.69. The van der Waals surface area contributed by atoms with Crippen molar-refractivity contribution >= 4 is 11.9 Å². The van der Waals surface area contributed by atoms with Crippen LogP contribution in [0.3, 0.4) is 0 Å². The number of rotatable bonds is 4. The van der Waals surface area contributed by atoms with E-state index in [0.29, 0.717) is 17.7 Å². The first-order valence-electron chi connectivity index (χ1n) is 6.69. The fourth-order valence-corrected chi connectivity index (χ4v) is 2.02. The Labute approximate surface area is 128 Å². The third-order valence-electron chi connectivity index (χ3n) is 3.23. The van der Waals surface area contributed by atoms with Gasteiger partial charge in [-0.2, -0.15) is 0 Å². The van der Waals surface area contributed by atoms with Gasteiger partial charge in [0.25, 0.3) is 5.91 Å². The number of halogens is 1. The van der Waals surface area contributed by atoms with Crippen LogP contribution in [0.4, 0.5) is 4.39 Å². The third-order valence-corrected chi connectivity index (χ3v) is 3.23. The van der Waals surface area contributed by atoms with Gasteiger partial charge in [0.1, 0.15) is 5.82 Å². The summed E-state index contributed by atoms with van der Waals surface area (Å²) in [7, 11) is 2.99. The van der Waals surface area contributed by atoms with E-state index in [1.54, 1.807) is 31.3 Å². The van der Waals surface area contributed by atoms with Gasteiger partial charge in [-0.25, -0.2) is 9.18 Å². The fraction of sp³-hybridized carbons (Fsp3) is 0.176. The molecule has 22 heavy (non-hydrogen) atoms. The first kappa shape index (κ1) is 15.7. The maximum Gasteiger partial charge on any atom is 0.337 e. The number of benzene rings is 2. The van der Waals surface area contributed by atoms with Gasteiger partial charge in [0, 0.05) is 19.2 Å². The first-order chi connectivity index (χ1) is 10.5. The standard InChI is InChI=1S/C17H16FNO3/c1-19(16(20)13-7-9-15(18)10-8-13)11-12-3-5-14(6-4-12)17(21)22-2/h3-10H,11H2,1-2H3. The predicted octanol–water partition coefficient (Wildman–Crippen LogP) is 2.88. The van der Waals surface area contributed by atoms with E-state index in [4.69, 9.17) is 0 Å². The first-order valence-corrected chi connectivity index (χ1v) is 6.69. The molecule has 0 fully saturated rings. The van der Waals surface area contributed by atoms with Crippen molar-refractivity contribution in [3.05, 3.63) is 71.0 Å². The van der Waals surface area contributed by atoms with Gasteiger partial charge in [-0.15, -0.1) is 0 Å². The highest BCUT2D eigenvalue weighted by atomic mass is 19.1. The number of amides is 1. The molecule has 0 N–H and O–H groups in total. The maximum atomic E-state index is 12.9. The molecule has 0 aliphatic carbocycles. The minimum absolute atomic E-state index is 0.197. The number of hydrogen-bond acceptors (Lipinski definition) is 3. The average molecular weight is 301 g/mol. The normalized spacial score (nSPS) is 10.1. The summed E-state index contributed by atoms with van der Waals surface area (Å²) in [6.45, 7) is 0.387. The second kappa shape index (κ2) is 6.85. The molecular formula is C17H16FNO3. The molecule has 0 bridgehead atoms. The highest BCUT2D eigenvalue weighted by Crippen LogP contribution is 2.11. The van der Waals surface area contributed by atoms with E-state index >= 15 is 0 Å². The van der Waals surface area contributed by atoms with Gasteiger partial charge in [-0.3, -0.25) is 4.79 Å². The lowest BCUT2D eigenvalue weighted by Crippen LogP contribution is -2.26. The van der Waals surface area contributed by atoms with Gasteiger partial charge in [0.15, 0.2) is 0 Å². The lowest BCUT2D eigenvalue weighted by atomic mass is 10.1. The topological polar surface area (TPSA) is 46.6 Å². The largest absolute Gasteiger partial charge is 0.465 e.